The molecule has 6 rings (SSSR count). The van der Waals surface area contributed by atoms with Crippen molar-refractivity contribution in [1.82, 2.24) is 24.9 Å². The van der Waals surface area contributed by atoms with Gasteiger partial charge in [0.1, 0.15) is 12.1 Å². The van der Waals surface area contributed by atoms with Gasteiger partial charge in [-0.1, -0.05) is 77.8 Å². The molecule has 9 nitrogen and oxygen atoms in total. The summed E-state index contributed by atoms with van der Waals surface area (Å²) in [6, 6.07) is 26.5. The van der Waals surface area contributed by atoms with Crippen LogP contribution in [0.1, 0.15) is 11.3 Å². The molecule has 1 amide bonds. The highest BCUT2D eigenvalue weighted by Crippen LogP contribution is 2.31. The topological polar surface area (TPSA) is 120 Å². The van der Waals surface area contributed by atoms with Crippen molar-refractivity contribution in [2.24, 2.45) is 4.99 Å². The SMILES string of the molecule is N#CC1(c2ccc(-c3ccccc3)cc2)C=NC(SCc2cc(Nc3ccc(Cl)c(Cl)c3)n3ncnc3n2)NC1=O. The number of anilines is 2. The van der Waals surface area contributed by atoms with Gasteiger partial charge in [0, 0.05) is 23.7 Å². The maximum Gasteiger partial charge on any atom is 0.254 e. The molecule has 2 N–H and O–H groups in total. The van der Waals surface area contributed by atoms with Crippen molar-refractivity contribution in [3.63, 3.8) is 0 Å². The maximum atomic E-state index is 13.3. The van der Waals surface area contributed by atoms with Crippen molar-refractivity contribution in [2.75, 3.05) is 5.32 Å². The number of thioether (sulfide) groups is 1. The van der Waals surface area contributed by atoms with Crippen LogP contribution in [0.3, 0.4) is 0 Å². The molecule has 12 heteroatoms. The number of benzene rings is 3. The number of carbonyl (C=O) groups is 1. The van der Waals surface area contributed by atoms with Crippen molar-refractivity contribution >= 4 is 64.4 Å². The molecule has 3 aromatic carbocycles. The summed E-state index contributed by atoms with van der Waals surface area (Å²) in [5.41, 5.74) is 1.91. The number of hydrogen-bond acceptors (Lipinski definition) is 8. The van der Waals surface area contributed by atoms with Crippen LogP contribution < -0.4 is 10.6 Å². The Morgan fingerprint density at radius 3 is 2.54 bits per heavy atom. The van der Waals surface area contributed by atoms with Crippen molar-refractivity contribution in [3.8, 4) is 17.2 Å². The molecule has 0 radical (unpaired) electrons. The lowest BCUT2D eigenvalue weighted by Gasteiger charge is -2.29. The Hall–Kier alpha value is -4.43. The highest BCUT2D eigenvalue weighted by molar-refractivity contribution is 7.99. The number of halogens is 2. The van der Waals surface area contributed by atoms with E-state index in [0.29, 0.717) is 38.7 Å². The standard InChI is InChI=1S/C29H20Cl2N8OS/c30-23-11-10-21(12-24(23)31)36-25-13-22(37-27-34-17-35-39(25)27)14-41-28-33-16-29(15-32,26(40)38-28)20-8-6-19(7-9-20)18-4-2-1-3-5-18/h1-13,16-17,28,36H,14H2,(H,38,40). The van der Waals surface area contributed by atoms with Crippen LogP contribution in [-0.2, 0) is 16.0 Å². The van der Waals surface area contributed by atoms with Gasteiger partial charge >= 0.3 is 0 Å². The quantitative estimate of drug-likeness (QED) is 0.235. The summed E-state index contributed by atoms with van der Waals surface area (Å²) in [6.45, 7) is 0. The van der Waals surface area contributed by atoms with Gasteiger partial charge in [0.25, 0.3) is 11.7 Å². The lowest BCUT2D eigenvalue weighted by Crippen LogP contribution is -2.51. The molecule has 2 atom stereocenters. The van der Waals surface area contributed by atoms with Crippen LogP contribution in [0.15, 0.2) is 90.2 Å². The molecule has 1 aliphatic heterocycles. The van der Waals surface area contributed by atoms with Gasteiger partial charge in [-0.25, -0.2) is 4.98 Å². The first-order chi connectivity index (χ1) is 19.9. The van der Waals surface area contributed by atoms with E-state index in [1.807, 2.05) is 48.5 Å². The number of nitrogens with one attached hydrogen (secondary N) is 2. The fourth-order valence-electron chi connectivity index (χ4n) is 4.40. The average Bonchev–Trinajstić information content (AvgIpc) is 3.48. The summed E-state index contributed by atoms with van der Waals surface area (Å²) in [6.07, 6.45) is 2.85. The molecular formula is C29H20Cl2N8OS. The van der Waals surface area contributed by atoms with E-state index in [1.165, 1.54) is 24.3 Å². The van der Waals surface area contributed by atoms with Crippen LogP contribution in [0.4, 0.5) is 11.5 Å². The number of nitrogens with zero attached hydrogens (tertiary/aromatic N) is 6. The largest absolute Gasteiger partial charge is 0.340 e. The van der Waals surface area contributed by atoms with E-state index >= 15 is 0 Å². The van der Waals surface area contributed by atoms with Gasteiger partial charge in [-0.2, -0.15) is 19.9 Å². The van der Waals surface area contributed by atoms with E-state index in [2.05, 4.69) is 36.8 Å². The second-order valence-electron chi connectivity index (χ2n) is 9.14. The Morgan fingerprint density at radius 1 is 1.02 bits per heavy atom. The van der Waals surface area contributed by atoms with Crippen LogP contribution in [-0.4, -0.2) is 37.2 Å². The number of rotatable bonds is 7. The van der Waals surface area contributed by atoms with Crippen LogP contribution in [0, 0.1) is 11.3 Å². The Morgan fingerprint density at radius 2 is 1.80 bits per heavy atom. The monoisotopic (exact) mass is 598 g/mol. The third-order valence-electron chi connectivity index (χ3n) is 6.53. The lowest BCUT2D eigenvalue weighted by molar-refractivity contribution is -0.123. The van der Waals surface area contributed by atoms with Crippen LogP contribution in [0.25, 0.3) is 16.9 Å². The number of fused-ring (bicyclic) bond motifs is 1. The molecule has 0 saturated carbocycles. The minimum Gasteiger partial charge on any atom is -0.340 e. The zero-order valence-electron chi connectivity index (χ0n) is 21.2. The molecule has 0 spiro atoms. The molecule has 1 aliphatic rings. The van der Waals surface area contributed by atoms with Crippen molar-refractivity contribution in [3.05, 3.63) is 106 Å². The predicted octanol–water partition coefficient (Wildman–Crippen LogP) is 6.02. The van der Waals surface area contributed by atoms with Crippen LogP contribution >= 0.6 is 35.0 Å². The first-order valence-electron chi connectivity index (χ1n) is 12.4. The minimum absolute atomic E-state index is 0.407. The Kier molecular flexibility index (Phi) is 7.32. The summed E-state index contributed by atoms with van der Waals surface area (Å²) >= 11 is 13.6. The summed E-state index contributed by atoms with van der Waals surface area (Å²) in [5.74, 6) is 1.01. The molecular weight excluding hydrogens is 579 g/mol. The average molecular weight is 600 g/mol. The molecule has 5 aromatic rings. The number of nitriles is 1. The zero-order valence-corrected chi connectivity index (χ0v) is 23.5. The molecule has 0 aliphatic carbocycles. The predicted molar refractivity (Wildman–Crippen MR) is 161 cm³/mol. The Balaban J connectivity index is 1.19. The zero-order chi connectivity index (χ0) is 28.4. The highest BCUT2D eigenvalue weighted by Gasteiger charge is 2.43. The smallest absolute Gasteiger partial charge is 0.254 e. The molecule has 3 heterocycles. The summed E-state index contributed by atoms with van der Waals surface area (Å²) in [5, 5.41) is 21.3. The lowest BCUT2D eigenvalue weighted by atomic mass is 9.81. The van der Waals surface area contributed by atoms with E-state index < -0.39 is 16.8 Å². The first kappa shape index (κ1) is 26.8. The maximum absolute atomic E-state index is 13.3. The molecule has 41 heavy (non-hydrogen) atoms. The van der Waals surface area contributed by atoms with E-state index in [0.717, 1.165) is 16.8 Å². The number of aromatic nitrogens is 4. The summed E-state index contributed by atoms with van der Waals surface area (Å²) in [7, 11) is 0. The van der Waals surface area contributed by atoms with E-state index in [1.54, 1.807) is 34.8 Å². The minimum atomic E-state index is -1.51. The van der Waals surface area contributed by atoms with Gasteiger partial charge in [-0.05, 0) is 34.9 Å². The second kappa shape index (κ2) is 11.2. The van der Waals surface area contributed by atoms with Crippen molar-refractivity contribution in [2.45, 2.75) is 16.7 Å². The number of amides is 1. The van der Waals surface area contributed by atoms with Gasteiger partial charge in [-0.15, -0.1) is 11.8 Å². The van der Waals surface area contributed by atoms with Crippen molar-refractivity contribution in [1.29, 1.82) is 5.26 Å². The molecule has 0 saturated heterocycles. The Bertz CT molecular complexity index is 1820. The molecule has 0 fully saturated rings. The van der Waals surface area contributed by atoms with E-state index in [-0.39, 0.29) is 0 Å². The third kappa shape index (κ3) is 5.35. The second-order valence-corrected chi connectivity index (χ2v) is 11.0. The van der Waals surface area contributed by atoms with Gasteiger partial charge in [0.15, 0.2) is 10.9 Å². The van der Waals surface area contributed by atoms with E-state index in [9.17, 15) is 10.1 Å². The fraction of sp³-hybridized carbons (Fsp3) is 0.103. The normalized spacial score (nSPS) is 18.2. The van der Waals surface area contributed by atoms with Crippen molar-refractivity contribution < 1.29 is 4.79 Å². The molecule has 2 aromatic heterocycles. The van der Waals surface area contributed by atoms with Gasteiger partial charge < -0.3 is 10.6 Å². The summed E-state index contributed by atoms with van der Waals surface area (Å²) in [4.78, 5) is 26.6. The molecule has 202 valence electrons. The fourth-order valence-corrected chi connectivity index (χ4v) is 5.51. The number of hydrogen-bond donors (Lipinski definition) is 2. The number of carbonyl (C=O) groups excluding carboxylic acids is 1. The van der Waals surface area contributed by atoms with Crippen LogP contribution in [0.2, 0.25) is 10.0 Å². The van der Waals surface area contributed by atoms with Gasteiger partial charge in [-0.3, -0.25) is 9.79 Å². The number of aliphatic imine (C=N–C) groups is 1. The highest BCUT2D eigenvalue weighted by atomic mass is 35.5. The van der Waals surface area contributed by atoms with E-state index in [4.69, 9.17) is 23.2 Å². The molecule has 0 bridgehead atoms. The van der Waals surface area contributed by atoms with Gasteiger partial charge in [0.05, 0.1) is 21.8 Å². The third-order valence-corrected chi connectivity index (χ3v) is 8.28. The first-order valence-corrected chi connectivity index (χ1v) is 14.2. The summed E-state index contributed by atoms with van der Waals surface area (Å²) < 4.78 is 1.57. The molecule has 2 unspecified atom stereocenters. The van der Waals surface area contributed by atoms with Gasteiger partial charge in [0.2, 0.25) is 0 Å². The Labute approximate surface area is 249 Å². The van der Waals surface area contributed by atoms with Crippen LogP contribution in [0.5, 0.6) is 0 Å².